The molecule has 0 atom stereocenters. The molecule has 2 saturated heterocycles. The quantitative estimate of drug-likeness (QED) is 0.514. The monoisotopic (exact) mass is 465 g/mol. The molecule has 3 aliphatic rings. The molecule has 0 radical (unpaired) electrons. The highest BCUT2D eigenvalue weighted by atomic mass is 32.2. The SMILES string of the molecule is C1CCNCC1.O=C(O)N1c2ccccc2Sc2cc(C(F)(F)F)cc(N3CCCC3)c21. The fraction of sp³-hybridized carbons (Fsp3) is 0.435. The summed E-state index contributed by atoms with van der Waals surface area (Å²) in [5.74, 6) is 0. The summed E-state index contributed by atoms with van der Waals surface area (Å²) in [4.78, 5) is 15.9. The largest absolute Gasteiger partial charge is 0.464 e. The van der Waals surface area contributed by atoms with Gasteiger partial charge < -0.3 is 15.3 Å². The molecule has 0 bridgehead atoms. The highest BCUT2D eigenvalue weighted by Gasteiger charge is 2.38. The van der Waals surface area contributed by atoms with Gasteiger partial charge in [0.25, 0.3) is 0 Å². The second-order valence-electron chi connectivity index (χ2n) is 8.03. The van der Waals surface area contributed by atoms with Crippen molar-refractivity contribution in [3.05, 3.63) is 42.0 Å². The minimum atomic E-state index is -4.49. The van der Waals surface area contributed by atoms with Crippen LogP contribution in [0.1, 0.15) is 37.7 Å². The van der Waals surface area contributed by atoms with Crippen molar-refractivity contribution in [2.45, 2.75) is 48.1 Å². The first-order chi connectivity index (χ1) is 15.4. The number of carbonyl (C=O) groups is 1. The maximum absolute atomic E-state index is 13.4. The van der Waals surface area contributed by atoms with E-state index in [0.29, 0.717) is 39.9 Å². The Morgan fingerprint density at radius 2 is 1.62 bits per heavy atom. The Balaban J connectivity index is 0.000000354. The fourth-order valence-electron chi connectivity index (χ4n) is 4.23. The number of carboxylic acid groups (broad SMARTS) is 1. The van der Waals surface area contributed by atoms with Crippen molar-refractivity contribution in [2.75, 3.05) is 36.0 Å². The molecule has 2 N–H and O–H groups in total. The second kappa shape index (κ2) is 9.62. The number of fused-ring (bicyclic) bond motifs is 2. The van der Waals surface area contributed by atoms with E-state index in [9.17, 15) is 23.1 Å². The van der Waals surface area contributed by atoms with Crippen LogP contribution in [0.25, 0.3) is 0 Å². The molecule has 2 fully saturated rings. The third-order valence-electron chi connectivity index (χ3n) is 5.78. The molecule has 2 aromatic rings. The summed E-state index contributed by atoms with van der Waals surface area (Å²) in [6.07, 6.45) is 0.269. The van der Waals surface area contributed by atoms with E-state index in [2.05, 4.69) is 5.32 Å². The van der Waals surface area contributed by atoms with Gasteiger partial charge in [0, 0.05) is 22.9 Å². The molecular formula is C23H26F3N3O2S. The number of rotatable bonds is 1. The highest BCUT2D eigenvalue weighted by molar-refractivity contribution is 7.99. The molecule has 5 rings (SSSR count). The fourth-order valence-corrected chi connectivity index (χ4v) is 5.35. The molecule has 0 aliphatic carbocycles. The van der Waals surface area contributed by atoms with Crippen LogP contribution in [-0.4, -0.2) is 37.4 Å². The molecule has 9 heteroatoms. The summed E-state index contributed by atoms with van der Waals surface area (Å²) < 4.78 is 40.3. The molecule has 3 heterocycles. The number of nitrogens with zero attached hydrogens (tertiary/aromatic N) is 2. The third kappa shape index (κ3) is 4.83. The highest BCUT2D eigenvalue weighted by Crippen LogP contribution is 2.53. The van der Waals surface area contributed by atoms with Gasteiger partial charge in [-0.1, -0.05) is 30.3 Å². The Labute approximate surface area is 189 Å². The van der Waals surface area contributed by atoms with Gasteiger partial charge >= 0.3 is 12.3 Å². The van der Waals surface area contributed by atoms with Crippen LogP contribution in [0.15, 0.2) is 46.2 Å². The lowest BCUT2D eigenvalue weighted by atomic mass is 10.1. The van der Waals surface area contributed by atoms with Gasteiger partial charge in [-0.15, -0.1) is 0 Å². The molecule has 0 saturated carbocycles. The van der Waals surface area contributed by atoms with Crippen LogP contribution in [-0.2, 0) is 6.18 Å². The smallest absolute Gasteiger partial charge is 0.416 e. The Morgan fingerprint density at radius 1 is 0.938 bits per heavy atom. The Kier molecular flexibility index (Phi) is 6.85. The number of piperidine rings is 1. The Morgan fingerprint density at radius 3 is 2.19 bits per heavy atom. The number of hydrogen-bond donors (Lipinski definition) is 2. The summed E-state index contributed by atoms with van der Waals surface area (Å²) in [6, 6.07) is 8.98. The minimum Gasteiger partial charge on any atom is -0.464 e. The molecule has 0 unspecified atom stereocenters. The predicted octanol–water partition coefficient (Wildman–Crippen LogP) is 6.35. The van der Waals surface area contributed by atoms with Crippen LogP contribution >= 0.6 is 11.8 Å². The van der Waals surface area contributed by atoms with Crippen molar-refractivity contribution in [3.8, 4) is 0 Å². The summed E-state index contributed by atoms with van der Waals surface area (Å²) in [6.45, 7) is 3.74. The number of para-hydroxylation sites is 1. The van der Waals surface area contributed by atoms with Gasteiger partial charge in [0.2, 0.25) is 0 Å². The van der Waals surface area contributed by atoms with Crippen molar-refractivity contribution >= 4 is 34.9 Å². The number of amides is 1. The van der Waals surface area contributed by atoms with Crippen molar-refractivity contribution < 1.29 is 23.1 Å². The van der Waals surface area contributed by atoms with Gasteiger partial charge in [-0.3, -0.25) is 0 Å². The van der Waals surface area contributed by atoms with Crippen LogP contribution < -0.4 is 15.1 Å². The number of alkyl halides is 3. The van der Waals surface area contributed by atoms with Crippen LogP contribution in [0.5, 0.6) is 0 Å². The van der Waals surface area contributed by atoms with Crippen LogP contribution in [0.3, 0.4) is 0 Å². The molecule has 2 aromatic carbocycles. The van der Waals surface area contributed by atoms with Crippen molar-refractivity contribution in [2.24, 2.45) is 0 Å². The number of benzene rings is 2. The maximum atomic E-state index is 13.4. The van der Waals surface area contributed by atoms with E-state index in [4.69, 9.17) is 0 Å². The average Bonchev–Trinajstić information content (AvgIpc) is 3.32. The van der Waals surface area contributed by atoms with Crippen LogP contribution in [0.4, 0.5) is 35.0 Å². The summed E-state index contributed by atoms with van der Waals surface area (Å²) in [5, 5.41) is 13.1. The van der Waals surface area contributed by atoms with Gasteiger partial charge in [-0.25, -0.2) is 9.69 Å². The zero-order chi connectivity index (χ0) is 22.7. The predicted molar refractivity (Wildman–Crippen MR) is 120 cm³/mol. The maximum Gasteiger partial charge on any atom is 0.416 e. The molecule has 0 spiro atoms. The molecule has 172 valence electrons. The van der Waals surface area contributed by atoms with Gasteiger partial charge in [0.15, 0.2) is 0 Å². The van der Waals surface area contributed by atoms with Gasteiger partial charge in [0.05, 0.1) is 22.6 Å². The molecule has 32 heavy (non-hydrogen) atoms. The van der Waals surface area contributed by atoms with E-state index in [-0.39, 0.29) is 0 Å². The number of hydrogen-bond acceptors (Lipinski definition) is 4. The summed E-state index contributed by atoms with van der Waals surface area (Å²) >= 11 is 1.18. The van der Waals surface area contributed by atoms with Gasteiger partial charge in [0.1, 0.15) is 0 Å². The van der Waals surface area contributed by atoms with Gasteiger partial charge in [-0.05, 0) is 63.0 Å². The zero-order valence-corrected chi connectivity index (χ0v) is 18.4. The van der Waals surface area contributed by atoms with E-state index < -0.39 is 17.8 Å². The van der Waals surface area contributed by atoms with E-state index in [0.717, 1.165) is 29.9 Å². The number of nitrogens with one attached hydrogen (secondary N) is 1. The minimum absolute atomic E-state index is 0.308. The molecule has 0 aromatic heterocycles. The first kappa shape index (κ1) is 22.8. The second-order valence-corrected chi connectivity index (χ2v) is 9.12. The van der Waals surface area contributed by atoms with Crippen molar-refractivity contribution in [1.29, 1.82) is 0 Å². The van der Waals surface area contributed by atoms with Crippen LogP contribution in [0, 0.1) is 0 Å². The van der Waals surface area contributed by atoms with Crippen molar-refractivity contribution in [1.82, 2.24) is 5.32 Å². The zero-order valence-electron chi connectivity index (χ0n) is 17.6. The molecule has 5 nitrogen and oxygen atoms in total. The normalized spacial score (nSPS) is 17.8. The Hall–Kier alpha value is -2.39. The summed E-state index contributed by atoms with van der Waals surface area (Å²) in [5.41, 5.74) is 0.362. The summed E-state index contributed by atoms with van der Waals surface area (Å²) in [7, 11) is 0. The van der Waals surface area contributed by atoms with E-state index in [1.165, 1.54) is 44.1 Å². The number of anilines is 3. The first-order valence-electron chi connectivity index (χ1n) is 10.9. The van der Waals surface area contributed by atoms with E-state index in [1.54, 1.807) is 24.3 Å². The Bertz CT molecular complexity index is 962. The molecule has 1 amide bonds. The topological polar surface area (TPSA) is 55.8 Å². The molecular weight excluding hydrogens is 439 g/mol. The van der Waals surface area contributed by atoms with Crippen LogP contribution in [0.2, 0.25) is 0 Å². The first-order valence-corrected chi connectivity index (χ1v) is 11.7. The lowest BCUT2D eigenvalue weighted by Gasteiger charge is -2.34. The standard InChI is InChI=1S/C18H15F3N2O2S.C5H11N/c19-18(20,21)11-9-13(22-7-3-4-8-22)16-15(10-11)26-14-6-2-1-5-12(14)23(16)17(24)25;1-2-4-6-5-3-1/h1-2,5-6,9-10H,3-4,7-8H2,(H,24,25);6H,1-5H2. The van der Waals surface area contributed by atoms with Crippen molar-refractivity contribution in [3.63, 3.8) is 0 Å². The molecule has 3 aliphatic heterocycles. The lowest BCUT2D eigenvalue weighted by Crippen LogP contribution is -2.30. The number of halogens is 3. The third-order valence-corrected chi connectivity index (χ3v) is 6.87. The van der Waals surface area contributed by atoms with E-state index >= 15 is 0 Å². The lowest BCUT2D eigenvalue weighted by molar-refractivity contribution is -0.137. The average molecular weight is 466 g/mol. The van der Waals surface area contributed by atoms with E-state index in [1.807, 2.05) is 4.90 Å². The van der Waals surface area contributed by atoms with Gasteiger partial charge in [-0.2, -0.15) is 13.2 Å².